The Kier molecular flexibility index (Phi) is 7.64. The van der Waals surface area contributed by atoms with Crippen LogP contribution in [0.3, 0.4) is 0 Å². The first-order valence-electron chi connectivity index (χ1n) is 10.3. The number of nitro groups is 1. The highest BCUT2D eigenvalue weighted by molar-refractivity contribution is 6.06. The molecule has 0 radical (unpaired) electrons. The Hall–Kier alpha value is -4.33. The SMILES string of the molecule is C/C(CC(=O)Nc1cc([N+](=O)[O-])ccc1C)=N/NC(=O)Cc1ccc(-c2ccccc2)cc1. The monoisotopic (exact) mass is 444 g/mol. The number of hydrazone groups is 1. The molecule has 33 heavy (non-hydrogen) atoms. The molecular formula is C25H24N4O4. The van der Waals surface area contributed by atoms with Crippen molar-refractivity contribution in [2.45, 2.75) is 26.7 Å². The van der Waals surface area contributed by atoms with Gasteiger partial charge >= 0.3 is 0 Å². The highest BCUT2D eigenvalue weighted by atomic mass is 16.6. The second-order valence-electron chi connectivity index (χ2n) is 7.60. The molecule has 3 aromatic carbocycles. The van der Waals surface area contributed by atoms with Gasteiger partial charge in [0, 0.05) is 17.8 Å². The molecule has 0 aliphatic rings. The number of nitrogens with zero attached hydrogens (tertiary/aromatic N) is 2. The zero-order valence-corrected chi connectivity index (χ0v) is 18.4. The lowest BCUT2D eigenvalue weighted by molar-refractivity contribution is -0.384. The van der Waals surface area contributed by atoms with Crippen LogP contribution in [0.4, 0.5) is 11.4 Å². The lowest BCUT2D eigenvalue weighted by Crippen LogP contribution is -2.23. The predicted molar refractivity (Wildman–Crippen MR) is 128 cm³/mol. The van der Waals surface area contributed by atoms with Crippen molar-refractivity contribution in [1.82, 2.24) is 5.43 Å². The molecule has 0 bridgehead atoms. The first kappa shape index (κ1) is 23.3. The van der Waals surface area contributed by atoms with E-state index >= 15 is 0 Å². The molecule has 8 nitrogen and oxygen atoms in total. The number of carbonyl (C=O) groups excluding carboxylic acids is 2. The van der Waals surface area contributed by atoms with Crippen LogP contribution >= 0.6 is 0 Å². The molecule has 2 amide bonds. The second-order valence-corrected chi connectivity index (χ2v) is 7.60. The molecule has 0 aliphatic heterocycles. The van der Waals surface area contributed by atoms with Gasteiger partial charge in [-0.05, 0) is 36.1 Å². The standard InChI is InChI=1S/C25H24N4O4/c1-17-8-13-22(29(32)33)16-23(17)26-24(30)14-18(2)27-28-25(31)15-19-9-11-21(12-10-19)20-6-4-3-5-7-20/h3-13,16H,14-15H2,1-2H3,(H,26,30)(H,28,31)/b27-18-. The smallest absolute Gasteiger partial charge is 0.271 e. The van der Waals surface area contributed by atoms with Crippen LogP contribution in [0.5, 0.6) is 0 Å². The fraction of sp³-hybridized carbons (Fsp3) is 0.160. The molecule has 0 aromatic heterocycles. The van der Waals surface area contributed by atoms with Gasteiger partial charge in [0.1, 0.15) is 0 Å². The number of hydrogen-bond acceptors (Lipinski definition) is 5. The summed E-state index contributed by atoms with van der Waals surface area (Å²) in [4.78, 5) is 34.9. The lowest BCUT2D eigenvalue weighted by atomic mass is 10.0. The molecule has 0 unspecified atom stereocenters. The third-order valence-corrected chi connectivity index (χ3v) is 4.92. The van der Waals surface area contributed by atoms with E-state index in [9.17, 15) is 19.7 Å². The maximum Gasteiger partial charge on any atom is 0.271 e. The van der Waals surface area contributed by atoms with Crippen molar-refractivity contribution in [3.63, 3.8) is 0 Å². The number of amides is 2. The summed E-state index contributed by atoms with van der Waals surface area (Å²) in [5, 5.41) is 17.6. The Bertz CT molecular complexity index is 1190. The summed E-state index contributed by atoms with van der Waals surface area (Å²) >= 11 is 0. The van der Waals surface area contributed by atoms with E-state index in [-0.39, 0.29) is 30.3 Å². The van der Waals surface area contributed by atoms with Crippen LogP contribution in [0, 0.1) is 17.0 Å². The van der Waals surface area contributed by atoms with Crippen LogP contribution in [0.15, 0.2) is 77.9 Å². The highest BCUT2D eigenvalue weighted by Gasteiger charge is 2.12. The third-order valence-electron chi connectivity index (χ3n) is 4.92. The van der Waals surface area contributed by atoms with Gasteiger partial charge in [-0.15, -0.1) is 0 Å². The van der Waals surface area contributed by atoms with E-state index in [1.807, 2.05) is 54.6 Å². The van der Waals surface area contributed by atoms with Gasteiger partial charge < -0.3 is 5.32 Å². The molecule has 0 fully saturated rings. The van der Waals surface area contributed by atoms with E-state index in [1.165, 1.54) is 12.1 Å². The summed E-state index contributed by atoms with van der Waals surface area (Å²) in [6.07, 6.45) is 0.0963. The quantitative estimate of drug-likeness (QED) is 0.299. The average molecular weight is 444 g/mol. The summed E-state index contributed by atoms with van der Waals surface area (Å²) < 4.78 is 0. The zero-order valence-electron chi connectivity index (χ0n) is 18.4. The van der Waals surface area contributed by atoms with Gasteiger partial charge in [-0.1, -0.05) is 60.7 Å². The van der Waals surface area contributed by atoms with Crippen molar-refractivity contribution in [3.8, 4) is 11.1 Å². The summed E-state index contributed by atoms with van der Waals surface area (Å²) in [7, 11) is 0. The number of hydrogen-bond donors (Lipinski definition) is 2. The Morgan fingerprint density at radius 1 is 0.939 bits per heavy atom. The third kappa shape index (κ3) is 6.83. The van der Waals surface area contributed by atoms with Crippen LogP contribution in [0.25, 0.3) is 11.1 Å². The van der Waals surface area contributed by atoms with Crippen molar-refractivity contribution >= 4 is 28.9 Å². The zero-order chi connectivity index (χ0) is 23.8. The number of rotatable bonds is 8. The van der Waals surface area contributed by atoms with Crippen LogP contribution in [0.2, 0.25) is 0 Å². The summed E-state index contributed by atoms with van der Waals surface area (Å²) in [6, 6.07) is 21.9. The van der Waals surface area contributed by atoms with Crippen molar-refractivity contribution < 1.29 is 14.5 Å². The first-order chi connectivity index (χ1) is 15.8. The van der Waals surface area contributed by atoms with E-state index in [0.717, 1.165) is 16.7 Å². The number of nitro benzene ring substituents is 1. The number of anilines is 1. The molecule has 0 spiro atoms. The largest absolute Gasteiger partial charge is 0.325 e. The average Bonchev–Trinajstić information content (AvgIpc) is 2.80. The molecule has 8 heteroatoms. The molecule has 3 rings (SSSR count). The van der Waals surface area contributed by atoms with Crippen molar-refractivity contribution in [1.29, 1.82) is 0 Å². The fourth-order valence-electron chi connectivity index (χ4n) is 3.15. The Balaban J connectivity index is 1.51. The summed E-state index contributed by atoms with van der Waals surface area (Å²) in [5.41, 5.74) is 6.85. The molecular weight excluding hydrogens is 420 g/mol. The van der Waals surface area contributed by atoms with Crippen LogP contribution < -0.4 is 10.7 Å². The minimum absolute atomic E-state index is 0.0613. The molecule has 0 aliphatic carbocycles. The van der Waals surface area contributed by atoms with Crippen molar-refractivity contribution in [3.05, 3.63) is 94.0 Å². The number of nitrogens with one attached hydrogen (secondary N) is 2. The molecule has 2 N–H and O–H groups in total. The van der Waals surface area contributed by atoms with E-state index in [1.54, 1.807) is 19.9 Å². The Morgan fingerprint density at radius 2 is 1.61 bits per heavy atom. The second kappa shape index (κ2) is 10.8. The van der Waals surface area contributed by atoms with Gasteiger partial charge in [-0.25, -0.2) is 5.43 Å². The van der Waals surface area contributed by atoms with Gasteiger partial charge in [0.15, 0.2) is 0 Å². The molecule has 0 saturated carbocycles. The van der Waals surface area contributed by atoms with Gasteiger partial charge in [0.25, 0.3) is 5.69 Å². The fourth-order valence-corrected chi connectivity index (χ4v) is 3.15. The number of aryl methyl sites for hydroxylation is 1. The number of non-ortho nitro benzene ring substituents is 1. The van der Waals surface area contributed by atoms with Crippen LogP contribution in [-0.2, 0) is 16.0 Å². The Morgan fingerprint density at radius 3 is 2.27 bits per heavy atom. The van der Waals surface area contributed by atoms with Crippen LogP contribution in [-0.4, -0.2) is 22.4 Å². The minimum Gasteiger partial charge on any atom is -0.325 e. The van der Waals surface area contributed by atoms with Gasteiger partial charge in [-0.3, -0.25) is 19.7 Å². The van der Waals surface area contributed by atoms with Crippen molar-refractivity contribution in [2.75, 3.05) is 5.32 Å². The molecule has 0 atom stereocenters. The van der Waals surface area contributed by atoms with E-state index < -0.39 is 4.92 Å². The van der Waals surface area contributed by atoms with E-state index in [0.29, 0.717) is 17.0 Å². The summed E-state index contributed by atoms with van der Waals surface area (Å²) in [6.45, 7) is 3.36. The van der Waals surface area contributed by atoms with Crippen LogP contribution in [0.1, 0.15) is 24.5 Å². The highest BCUT2D eigenvalue weighted by Crippen LogP contribution is 2.22. The number of benzene rings is 3. The lowest BCUT2D eigenvalue weighted by Gasteiger charge is -2.08. The molecule has 0 saturated heterocycles. The van der Waals surface area contributed by atoms with Gasteiger partial charge in [-0.2, -0.15) is 5.10 Å². The van der Waals surface area contributed by atoms with Gasteiger partial charge in [0.05, 0.1) is 23.5 Å². The van der Waals surface area contributed by atoms with Gasteiger partial charge in [0.2, 0.25) is 11.8 Å². The summed E-state index contributed by atoms with van der Waals surface area (Å²) in [5.74, 6) is -0.678. The first-order valence-corrected chi connectivity index (χ1v) is 10.3. The predicted octanol–water partition coefficient (Wildman–Crippen LogP) is 4.63. The van der Waals surface area contributed by atoms with E-state index in [2.05, 4.69) is 15.8 Å². The topological polar surface area (TPSA) is 114 Å². The molecule has 168 valence electrons. The maximum absolute atomic E-state index is 12.3. The molecule has 0 heterocycles. The normalized spacial score (nSPS) is 11.0. The molecule has 3 aromatic rings. The maximum atomic E-state index is 12.3. The Labute approximate surface area is 191 Å². The number of carbonyl (C=O) groups is 2. The van der Waals surface area contributed by atoms with E-state index in [4.69, 9.17) is 0 Å². The minimum atomic E-state index is -0.521. The van der Waals surface area contributed by atoms with Crippen molar-refractivity contribution in [2.24, 2.45) is 5.10 Å².